The maximum atomic E-state index is 9.97. The van der Waals surface area contributed by atoms with E-state index in [0.29, 0.717) is 18.6 Å². The molecule has 24 heavy (non-hydrogen) atoms. The highest BCUT2D eigenvalue weighted by atomic mass is 16.5. The first-order valence-electron chi connectivity index (χ1n) is 8.82. The van der Waals surface area contributed by atoms with Gasteiger partial charge in [0.25, 0.3) is 0 Å². The molecule has 136 valence electrons. The van der Waals surface area contributed by atoms with Crippen LogP contribution in [0, 0.1) is 5.92 Å². The number of aliphatic hydroxyl groups excluding tert-OH is 1. The first-order valence-corrected chi connectivity index (χ1v) is 8.82. The van der Waals surface area contributed by atoms with Crippen molar-refractivity contribution >= 4 is 0 Å². The fourth-order valence-corrected chi connectivity index (χ4v) is 3.06. The second-order valence-electron chi connectivity index (χ2n) is 7.14. The summed E-state index contributed by atoms with van der Waals surface area (Å²) in [5.41, 5.74) is 1.07. The van der Waals surface area contributed by atoms with Gasteiger partial charge in [0.2, 0.25) is 0 Å². The molecule has 1 heterocycles. The van der Waals surface area contributed by atoms with Crippen molar-refractivity contribution < 1.29 is 14.6 Å². The third-order valence-corrected chi connectivity index (χ3v) is 4.75. The molecule has 2 unspecified atom stereocenters. The molecule has 0 aromatic heterocycles. The summed E-state index contributed by atoms with van der Waals surface area (Å²) < 4.78 is 11.3. The number of rotatable bonds is 7. The Bertz CT molecular complexity index is 521. The van der Waals surface area contributed by atoms with Crippen molar-refractivity contribution in [2.24, 2.45) is 5.92 Å². The van der Waals surface area contributed by atoms with Gasteiger partial charge in [-0.1, -0.05) is 19.9 Å². The van der Waals surface area contributed by atoms with E-state index in [4.69, 9.17) is 9.47 Å². The molecule has 2 rings (SSSR count). The van der Waals surface area contributed by atoms with E-state index < -0.39 is 0 Å². The molecule has 0 bridgehead atoms. The van der Waals surface area contributed by atoms with Gasteiger partial charge in [-0.25, -0.2) is 0 Å². The smallest absolute Gasteiger partial charge is 0.161 e. The summed E-state index contributed by atoms with van der Waals surface area (Å²) in [7, 11) is 3.81. The molecule has 5 nitrogen and oxygen atoms in total. The second-order valence-corrected chi connectivity index (χ2v) is 7.14. The van der Waals surface area contributed by atoms with Crippen LogP contribution in [0.1, 0.15) is 32.4 Å². The second kappa shape index (κ2) is 8.70. The maximum Gasteiger partial charge on any atom is 0.161 e. The Morgan fingerprint density at radius 1 is 1.25 bits per heavy atom. The molecule has 0 amide bonds. The summed E-state index contributed by atoms with van der Waals surface area (Å²) in [5.74, 6) is 1.96. The molecule has 5 heteroatoms. The third kappa shape index (κ3) is 4.62. The van der Waals surface area contributed by atoms with E-state index in [1.807, 2.05) is 18.2 Å². The largest absolute Gasteiger partial charge is 0.493 e. The molecule has 2 atom stereocenters. The Hall–Kier alpha value is -1.30. The van der Waals surface area contributed by atoms with Crippen LogP contribution in [-0.4, -0.2) is 68.0 Å². The zero-order chi connectivity index (χ0) is 17.7. The zero-order valence-corrected chi connectivity index (χ0v) is 15.7. The van der Waals surface area contributed by atoms with Gasteiger partial charge < -0.3 is 19.5 Å². The van der Waals surface area contributed by atoms with E-state index >= 15 is 0 Å². The minimum atomic E-state index is -0.00537. The molecular weight excluding hydrogens is 304 g/mol. The van der Waals surface area contributed by atoms with E-state index in [2.05, 4.69) is 37.6 Å². The maximum absolute atomic E-state index is 9.97. The molecule has 0 radical (unpaired) electrons. The highest BCUT2D eigenvalue weighted by Crippen LogP contribution is 2.33. The van der Waals surface area contributed by atoms with Gasteiger partial charge in [0, 0.05) is 25.7 Å². The van der Waals surface area contributed by atoms with Crippen molar-refractivity contribution in [1.82, 2.24) is 9.80 Å². The molecule has 1 aromatic carbocycles. The first-order chi connectivity index (χ1) is 11.5. The minimum absolute atomic E-state index is 0.00537. The molecule has 1 aliphatic heterocycles. The topological polar surface area (TPSA) is 45.2 Å². The summed E-state index contributed by atoms with van der Waals surface area (Å²) in [6.45, 7) is 10.2. The van der Waals surface area contributed by atoms with E-state index in [9.17, 15) is 5.11 Å². The lowest BCUT2D eigenvalue weighted by Crippen LogP contribution is -2.51. The van der Waals surface area contributed by atoms with Gasteiger partial charge in [-0.15, -0.1) is 0 Å². The number of ether oxygens (including phenoxy) is 2. The van der Waals surface area contributed by atoms with Crippen LogP contribution in [-0.2, 0) is 0 Å². The number of aliphatic hydroxyl groups is 1. The lowest BCUT2D eigenvalue weighted by molar-refractivity contribution is 0.0463. The number of nitrogens with zero attached hydrogens (tertiary/aromatic N) is 2. The Morgan fingerprint density at radius 3 is 2.58 bits per heavy atom. The molecule has 1 aromatic rings. The minimum Gasteiger partial charge on any atom is -0.493 e. The molecule has 1 aliphatic rings. The monoisotopic (exact) mass is 336 g/mol. The number of hydrogen-bond donors (Lipinski definition) is 1. The van der Waals surface area contributed by atoms with E-state index in [1.165, 1.54) is 0 Å². The van der Waals surface area contributed by atoms with Crippen molar-refractivity contribution in [2.45, 2.75) is 32.9 Å². The highest BCUT2D eigenvalue weighted by molar-refractivity contribution is 5.44. The molecule has 0 saturated carbocycles. The highest BCUT2D eigenvalue weighted by Gasteiger charge is 2.27. The van der Waals surface area contributed by atoms with Crippen molar-refractivity contribution in [3.05, 3.63) is 23.8 Å². The van der Waals surface area contributed by atoms with Crippen LogP contribution in [0.15, 0.2) is 18.2 Å². The average molecular weight is 336 g/mol. The molecule has 0 aliphatic carbocycles. The first kappa shape index (κ1) is 19.0. The van der Waals surface area contributed by atoms with E-state index in [0.717, 1.165) is 36.7 Å². The van der Waals surface area contributed by atoms with Crippen LogP contribution in [0.3, 0.4) is 0 Å². The Kier molecular flexibility index (Phi) is 6.90. The Labute approximate surface area is 146 Å². The fourth-order valence-electron chi connectivity index (χ4n) is 3.06. The van der Waals surface area contributed by atoms with E-state index in [1.54, 1.807) is 7.11 Å². The van der Waals surface area contributed by atoms with Crippen LogP contribution in [0.25, 0.3) is 0 Å². The van der Waals surface area contributed by atoms with Crippen LogP contribution < -0.4 is 9.47 Å². The third-order valence-electron chi connectivity index (χ3n) is 4.75. The van der Waals surface area contributed by atoms with Gasteiger partial charge in [-0.2, -0.15) is 0 Å². The Morgan fingerprint density at radius 2 is 2.00 bits per heavy atom. The quantitative estimate of drug-likeness (QED) is 0.828. The SMILES string of the molecule is COc1cc(C(CO)N2CCN(C)C(C)C2)ccc1OCC(C)C. The van der Waals surface area contributed by atoms with E-state index in [-0.39, 0.29) is 12.6 Å². The lowest BCUT2D eigenvalue weighted by Gasteiger charge is -2.41. The summed E-state index contributed by atoms with van der Waals surface area (Å²) in [4.78, 5) is 4.71. The number of benzene rings is 1. The predicted molar refractivity (Wildman–Crippen MR) is 96.8 cm³/mol. The predicted octanol–water partition coefficient (Wildman–Crippen LogP) is 2.40. The lowest BCUT2D eigenvalue weighted by atomic mass is 10.0. The molecule has 1 fully saturated rings. The summed E-state index contributed by atoms with van der Waals surface area (Å²) >= 11 is 0. The van der Waals surface area contributed by atoms with Gasteiger partial charge in [-0.3, -0.25) is 4.90 Å². The molecule has 1 N–H and O–H groups in total. The zero-order valence-electron chi connectivity index (χ0n) is 15.7. The van der Waals surface area contributed by atoms with Crippen LogP contribution in [0.2, 0.25) is 0 Å². The van der Waals surface area contributed by atoms with Gasteiger partial charge in [0.1, 0.15) is 0 Å². The molecular formula is C19H32N2O3. The Balaban J connectivity index is 2.16. The summed E-state index contributed by atoms with van der Waals surface area (Å²) in [6.07, 6.45) is 0. The van der Waals surface area contributed by atoms with Crippen molar-refractivity contribution in [3.8, 4) is 11.5 Å². The summed E-state index contributed by atoms with van der Waals surface area (Å²) in [6, 6.07) is 6.48. The molecule has 1 saturated heterocycles. The van der Waals surface area contributed by atoms with Crippen LogP contribution in [0.5, 0.6) is 11.5 Å². The summed E-state index contributed by atoms with van der Waals surface area (Å²) in [5, 5.41) is 9.97. The fraction of sp³-hybridized carbons (Fsp3) is 0.684. The molecule has 0 spiro atoms. The normalized spacial score (nSPS) is 21.0. The number of hydrogen-bond acceptors (Lipinski definition) is 5. The van der Waals surface area contributed by atoms with Gasteiger partial charge in [0.05, 0.1) is 26.4 Å². The van der Waals surface area contributed by atoms with Crippen molar-refractivity contribution in [3.63, 3.8) is 0 Å². The van der Waals surface area contributed by atoms with Gasteiger partial charge in [-0.05, 0) is 37.6 Å². The standard InChI is InChI=1S/C19H32N2O3/c1-14(2)13-24-18-7-6-16(10-19(18)23-5)17(12-22)21-9-8-20(4)15(3)11-21/h6-7,10,14-15,17,22H,8-9,11-13H2,1-5H3. The van der Waals surface area contributed by atoms with Gasteiger partial charge in [0.15, 0.2) is 11.5 Å². The van der Waals surface area contributed by atoms with Crippen LogP contribution >= 0.6 is 0 Å². The number of likely N-dealkylation sites (N-methyl/N-ethyl adjacent to an activating group) is 1. The van der Waals surface area contributed by atoms with Crippen LogP contribution in [0.4, 0.5) is 0 Å². The van der Waals surface area contributed by atoms with Crippen molar-refractivity contribution in [2.75, 3.05) is 47.0 Å². The average Bonchev–Trinajstić information content (AvgIpc) is 2.57. The number of methoxy groups -OCH3 is 1. The van der Waals surface area contributed by atoms with Gasteiger partial charge >= 0.3 is 0 Å². The number of piperazine rings is 1. The van der Waals surface area contributed by atoms with Crippen molar-refractivity contribution in [1.29, 1.82) is 0 Å².